The lowest BCUT2D eigenvalue weighted by Gasteiger charge is -2.72. The highest BCUT2D eigenvalue weighted by atomic mass is 16.7. The summed E-state index contributed by atoms with van der Waals surface area (Å²) in [6, 6.07) is 2.43. The standard InChI is InChI=1S/C60H78N2O11/c1-54-26-34-27-55-19-8-13-37(55)24-38-16-20-57(35-9-4-2-5-10-35)47-45(65)49(66)58(36-11-6-3-7-12-36,46(34)56(47)30-70-52(67)48(55)59(38,56)73-57)60(54)51(72-60)53(68)71-50(54)40-18-22-69-44(40)25-41(43(64)29-63)32-14-15-39-33(23-32)17-21-62-31-61-28-42(39)62/h16-18,21-22,32-37,39,41-43,46-51,61,63-64,66H,2-15,19-20,23-31H2,1H3/t32-,33+,34-,37-,39+,41-,42-,43+,46+,47-,48-,49+,50-,51+,54-,55-,56+,57+,58-,59-,60+/m0/s1. The first-order valence-electron chi connectivity index (χ1n) is 29.6. The number of nitrogens with one attached hydrogen (secondary N) is 1. The second-order valence-electron chi connectivity index (χ2n) is 27.6. The number of fused-ring (bicyclic) bond motifs is 5. The summed E-state index contributed by atoms with van der Waals surface area (Å²) in [5, 5.41) is 40.3. The Hall–Kier alpha value is -3.07. The van der Waals surface area contributed by atoms with Gasteiger partial charge in [0.1, 0.15) is 35.8 Å². The summed E-state index contributed by atoms with van der Waals surface area (Å²) >= 11 is 0. The van der Waals surface area contributed by atoms with E-state index >= 15 is 14.4 Å². The number of carbonyl (C=O) groups excluding carboxylic acids is 3. The summed E-state index contributed by atoms with van der Waals surface area (Å²) in [5.41, 5.74) is -4.70. The van der Waals surface area contributed by atoms with E-state index in [2.05, 4.69) is 35.5 Å². The lowest BCUT2D eigenvalue weighted by atomic mass is 9.29. The minimum absolute atomic E-state index is 0.0707. The van der Waals surface area contributed by atoms with Crippen molar-refractivity contribution in [2.45, 2.75) is 189 Å². The average Bonchev–Trinajstić information content (AvgIpc) is 3.88. The Kier molecular flexibility index (Phi) is 9.69. The lowest BCUT2D eigenvalue weighted by molar-refractivity contribution is -0.300. The van der Waals surface area contributed by atoms with Crippen LogP contribution in [0, 0.1) is 86.8 Å². The fraction of sp³-hybridized carbons (Fsp3) is 0.817. The van der Waals surface area contributed by atoms with Crippen molar-refractivity contribution in [3.63, 3.8) is 0 Å². The summed E-state index contributed by atoms with van der Waals surface area (Å²) < 4.78 is 36.0. The van der Waals surface area contributed by atoms with E-state index in [4.69, 9.17) is 23.4 Å². The van der Waals surface area contributed by atoms with Crippen LogP contribution in [0.3, 0.4) is 0 Å². The molecule has 8 aliphatic carbocycles. The molecule has 4 N–H and O–H groups in total. The van der Waals surface area contributed by atoms with E-state index in [1.807, 2.05) is 6.07 Å². The zero-order valence-electron chi connectivity index (χ0n) is 42.9. The second-order valence-corrected chi connectivity index (χ2v) is 27.6. The number of esters is 2. The van der Waals surface area contributed by atoms with E-state index in [0.717, 1.165) is 134 Å². The van der Waals surface area contributed by atoms with Gasteiger partial charge in [-0.15, -0.1) is 0 Å². The number of rotatable bonds is 8. The average molecular weight is 1000 g/mol. The number of hydrogen-bond acceptors (Lipinski definition) is 13. The number of epoxide rings is 1. The topological polar surface area (TPSA) is 181 Å². The van der Waals surface area contributed by atoms with Crippen LogP contribution in [-0.2, 0) is 39.8 Å². The molecule has 8 heterocycles. The summed E-state index contributed by atoms with van der Waals surface area (Å²) in [6.07, 6.45) is 23.5. The number of allylic oxidation sites excluding steroid dienone is 1. The smallest absolute Gasteiger partial charge is 0.339 e. The van der Waals surface area contributed by atoms with Gasteiger partial charge in [0.25, 0.3) is 0 Å². The number of furan rings is 1. The van der Waals surface area contributed by atoms with Gasteiger partial charge in [0.15, 0.2) is 11.9 Å². The highest BCUT2D eigenvalue weighted by Gasteiger charge is 2.98. The fourth-order valence-electron chi connectivity index (χ4n) is 23.8. The first-order chi connectivity index (χ1) is 35.4. The van der Waals surface area contributed by atoms with Gasteiger partial charge in [0.2, 0.25) is 0 Å². The van der Waals surface area contributed by atoms with Crippen molar-refractivity contribution in [2.24, 2.45) is 86.8 Å². The van der Waals surface area contributed by atoms with E-state index in [0.29, 0.717) is 42.9 Å². The van der Waals surface area contributed by atoms with Crippen molar-refractivity contribution in [1.82, 2.24) is 10.2 Å². The van der Waals surface area contributed by atoms with Crippen molar-refractivity contribution >= 4 is 17.7 Å². The van der Waals surface area contributed by atoms with Crippen LogP contribution in [0.1, 0.15) is 153 Å². The number of nitrogens with zero attached hydrogens (tertiary/aromatic N) is 1. The number of aliphatic hydroxyl groups is 3. The van der Waals surface area contributed by atoms with Crippen molar-refractivity contribution in [3.05, 3.63) is 47.6 Å². The zero-order valence-corrected chi connectivity index (χ0v) is 42.9. The third kappa shape index (κ3) is 5.19. The van der Waals surface area contributed by atoms with Crippen LogP contribution in [0.4, 0.5) is 0 Å². The summed E-state index contributed by atoms with van der Waals surface area (Å²) in [6.45, 7) is 3.85. The summed E-state index contributed by atoms with van der Waals surface area (Å²) in [5.74, 6) is -0.726. The maximum atomic E-state index is 16.9. The number of cyclic esters (lactones) is 2. The van der Waals surface area contributed by atoms with Gasteiger partial charge in [-0.25, -0.2) is 4.79 Å². The molecule has 5 bridgehead atoms. The Morgan fingerprint density at radius 3 is 2.51 bits per heavy atom. The molecule has 1 aromatic rings. The van der Waals surface area contributed by atoms with Gasteiger partial charge >= 0.3 is 11.9 Å². The molecule has 16 rings (SSSR count). The molecular weight excluding hydrogens is 925 g/mol. The van der Waals surface area contributed by atoms with Gasteiger partial charge in [-0.1, -0.05) is 64.0 Å². The van der Waals surface area contributed by atoms with Crippen LogP contribution in [0.15, 0.2) is 40.7 Å². The molecule has 15 aliphatic rings. The predicted octanol–water partition coefficient (Wildman–Crippen LogP) is 7.26. The molecule has 13 nitrogen and oxygen atoms in total. The monoisotopic (exact) mass is 1000 g/mol. The number of ether oxygens (including phenoxy) is 4. The Morgan fingerprint density at radius 1 is 0.904 bits per heavy atom. The number of Topliss-reactive ketones (excluding diaryl/α,β-unsaturated/α-hetero) is 1. The van der Waals surface area contributed by atoms with Gasteiger partial charge in [-0.05, 0) is 160 Å². The molecule has 73 heavy (non-hydrogen) atoms. The molecule has 13 heteroatoms. The van der Waals surface area contributed by atoms with Crippen LogP contribution < -0.4 is 5.32 Å². The molecule has 0 aromatic carbocycles. The minimum Gasteiger partial charge on any atom is -0.469 e. The van der Waals surface area contributed by atoms with Crippen LogP contribution in [0.5, 0.6) is 0 Å². The molecule has 8 saturated carbocycles. The number of carbonyl (C=O) groups is 3. The van der Waals surface area contributed by atoms with E-state index < -0.39 is 80.7 Å². The molecule has 394 valence electrons. The quantitative estimate of drug-likeness (QED) is 0.116. The van der Waals surface area contributed by atoms with Crippen molar-refractivity contribution in [3.8, 4) is 0 Å². The minimum atomic E-state index is -1.42. The van der Waals surface area contributed by atoms with Crippen LogP contribution >= 0.6 is 0 Å². The lowest BCUT2D eigenvalue weighted by Crippen LogP contribution is -2.82. The Morgan fingerprint density at radius 2 is 1.70 bits per heavy atom. The van der Waals surface area contributed by atoms with Gasteiger partial charge in [-0.2, -0.15) is 0 Å². The van der Waals surface area contributed by atoms with Gasteiger partial charge in [0.05, 0.1) is 48.5 Å². The summed E-state index contributed by atoms with van der Waals surface area (Å²) in [4.78, 5) is 49.9. The Labute approximate surface area is 429 Å². The van der Waals surface area contributed by atoms with Gasteiger partial charge in [-0.3, -0.25) is 14.9 Å². The number of ketones is 1. The highest BCUT2D eigenvalue weighted by molar-refractivity contribution is 5.94. The third-order valence-electron chi connectivity index (χ3n) is 25.8. The molecule has 5 saturated heterocycles. The largest absolute Gasteiger partial charge is 0.469 e. The van der Waals surface area contributed by atoms with E-state index in [1.54, 1.807) is 6.26 Å². The second kappa shape index (κ2) is 15.4. The van der Waals surface area contributed by atoms with Crippen LogP contribution in [0.25, 0.3) is 0 Å². The van der Waals surface area contributed by atoms with Crippen LogP contribution in [-0.4, -0.2) is 106 Å². The molecule has 21 atom stereocenters. The van der Waals surface area contributed by atoms with Crippen molar-refractivity contribution in [1.29, 1.82) is 0 Å². The highest BCUT2D eigenvalue weighted by Crippen LogP contribution is 2.90. The van der Waals surface area contributed by atoms with E-state index in [-0.39, 0.29) is 66.4 Å². The molecule has 0 amide bonds. The zero-order chi connectivity index (χ0) is 49.2. The van der Waals surface area contributed by atoms with Gasteiger partial charge < -0.3 is 43.6 Å². The molecule has 1 aromatic heterocycles. The fourth-order valence-corrected chi connectivity index (χ4v) is 23.8. The third-order valence-corrected chi connectivity index (χ3v) is 25.8. The molecular formula is C60H78N2O11. The van der Waals surface area contributed by atoms with Gasteiger partial charge in [0, 0.05) is 35.4 Å². The molecule has 13 fully saturated rings. The molecule has 7 aliphatic heterocycles. The predicted molar refractivity (Wildman–Crippen MR) is 262 cm³/mol. The Balaban J connectivity index is 0.872. The maximum absolute atomic E-state index is 16.9. The maximum Gasteiger partial charge on any atom is 0.339 e. The number of aliphatic hydroxyl groups excluding tert-OH is 3. The van der Waals surface area contributed by atoms with Crippen LogP contribution in [0.2, 0.25) is 0 Å². The van der Waals surface area contributed by atoms with E-state index in [9.17, 15) is 15.3 Å². The molecule has 0 unspecified atom stereocenters. The number of hydrogen-bond donors (Lipinski definition) is 4. The van der Waals surface area contributed by atoms with Crippen molar-refractivity contribution < 1.29 is 53.1 Å². The first kappa shape index (κ1) is 46.1. The summed E-state index contributed by atoms with van der Waals surface area (Å²) in [7, 11) is 0. The molecule has 4 spiro atoms. The van der Waals surface area contributed by atoms with E-state index in [1.165, 1.54) is 5.57 Å². The Bertz CT molecular complexity index is 2580. The van der Waals surface area contributed by atoms with Crippen molar-refractivity contribution in [2.75, 3.05) is 26.4 Å². The SMILES string of the molecule is C[C@@]12C[C@H]3C[C@@]45CCC[C@H]4CC4=CC[C@]6(C7CCCCC7)O[C@]47[C@H]5C(=O)OC[C@]74[C@@H]3[C@@](C3CCCCC3)([C@H](O)C(=O)[C@@H]46)[C@]13O[C@@H]3C(=O)O[C@H]2c1ccoc1C[C@@H]([C@H]1CC[C@@H]2[C@H](C=CN3CNC[C@@H]23)C1)[C@H](O)CO. The first-order valence-corrected chi connectivity index (χ1v) is 29.6. The molecule has 0 radical (unpaired) electrons. The normalized spacial score (nSPS) is 52.6.